The van der Waals surface area contributed by atoms with Gasteiger partial charge in [0.2, 0.25) is 11.8 Å². The van der Waals surface area contributed by atoms with E-state index in [-0.39, 0.29) is 12.1 Å². The molecule has 8 heteroatoms. The molecule has 1 saturated carbocycles. The minimum Gasteiger partial charge on any atom is -0.488 e. The Kier molecular flexibility index (Phi) is 5.40. The first-order valence-corrected chi connectivity index (χ1v) is 7.34. The van der Waals surface area contributed by atoms with Gasteiger partial charge in [-0.2, -0.15) is 0 Å². The number of hydrogen-bond donors (Lipinski definition) is 4. The van der Waals surface area contributed by atoms with Gasteiger partial charge in [0.15, 0.2) is 6.04 Å². The van der Waals surface area contributed by atoms with Crippen LogP contribution >= 0.6 is 0 Å². The average molecular weight is 320 g/mol. The summed E-state index contributed by atoms with van der Waals surface area (Å²) in [5.41, 5.74) is 10.0. The highest BCUT2D eigenvalue weighted by Crippen LogP contribution is 2.24. The number of carbonyl (C=O) groups is 3. The van der Waals surface area contributed by atoms with Crippen LogP contribution in [0.15, 0.2) is 30.3 Å². The van der Waals surface area contributed by atoms with Crippen LogP contribution in [0.5, 0.6) is 5.75 Å². The van der Waals surface area contributed by atoms with E-state index in [0.717, 1.165) is 25.0 Å². The quantitative estimate of drug-likeness (QED) is 0.531. The molecule has 0 aromatic heterocycles. The van der Waals surface area contributed by atoms with Crippen LogP contribution in [0.25, 0.3) is 0 Å². The molecule has 0 saturated heterocycles. The largest absolute Gasteiger partial charge is 0.488 e. The molecular formula is C15H20N4O4. The van der Waals surface area contributed by atoms with Gasteiger partial charge >= 0.3 is 6.03 Å². The van der Waals surface area contributed by atoms with E-state index in [0.29, 0.717) is 0 Å². The molecule has 8 nitrogen and oxygen atoms in total. The minimum absolute atomic E-state index is 0.177. The summed E-state index contributed by atoms with van der Waals surface area (Å²) in [5.74, 6) is -1.29. The van der Waals surface area contributed by atoms with Crippen molar-refractivity contribution in [1.82, 2.24) is 10.6 Å². The van der Waals surface area contributed by atoms with E-state index in [1.165, 1.54) is 0 Å². The molecule has 1 aromatic carbocycles. The highest BCUT2D eigenvalue weighted by Gasteiger charge is 2.32. The van der Waals surface area contributed by atoms with Crippen LogP contribution in [0.2, 0.25) is 0 Å². The van der Waals surface area contributed by atoms with Crippen molar-refractivity contribution in [2.24, 2.45) is 11.5 Å². The fraction of sp³-hybridized carbons (Fsp3) is 0.400. The van der Waals surface area contributed by atoms with Gasteiger partial charge in [-0.25, -0.2) is 4.79 Å². The number of amides is 4. The first kappa shape index (κ1) is 16.6. The summed E-state index contributed by atoms with van der Waals surface area (Å²) in [4.78, 5) is 34.1. The molecule has 1 aliphatic carbocycles. The number of nitrogens with one attached hydrogen (secondary N) is 2. The van der Waals surface area contributed by atoms with Crippen LogP contribution in [0, 0.1) is 0 Å². The lowest BCUT2D eigenvalue weighted by molar-refractivity contribution is -0.128. The molecule has 124 valence electrons. The van der Waals surface area contributed by atoms with Crippen LogP contribution in [0.1, 0.15) is 19.3 Å². The third-order valence-electron chi connectivity index (χ3n) is 3.64. The average Bonchev–Trinajstić information content (AvgIpc) is 2.92. The molecule has 6 N–H and O–H groups in total. The number of ether oxygens (including phenoxy) is 1. The van der Waals surface area contributed by atoms with Gasteiger partial charge in [0.1, 0.15) is 11.9 Å². The molecule has 2 rings (SSSR count). The second-order valence-electron chi connectivity index (χ2n) is 5.36. The zero-order valence-electron chi connectivity index (χ0n) is 12.5. The minimum atomic E-state index is -1.54. The molecular weight excluding hydrogens is 300 g/mol. The number of urea groups is 1. The lowest BCUT2D eigenvalue weighted by Crippen LogP contribution is -2.57. The van der Waals surface area contributed by atoms with Crippen molar-refractivity contribution in [3.63, 3.8) is 0 Å². The van der Waals surface area contributed by atoms with Crippen LogP contribution < -0.4 is 26.8 Å². The third-order valence-corrected chi connectivity index (χ3v) is 3.64. The molecule has 1 aromatic rings. The Bertz CT molecular complexity index is 564. The topological polar surface area (TPSA) is 137 Å². The molecule has 0 unspecified atom stereocenters. The van der Waals surface area contributed by atoms with Gasteiger partial charge in [0, 0.05) is 0 Å². The smallest absolute Gasteiger partial charge is 0.316 e. The van der Waals surface area contributed by atoms with Gasteiger partial charge in [-0.05, 0) is 31.4 Å². The Balaban J connectivity index is 1.91. The van der Waals surface area contributed by atoms with Crippen molar-refractivity contribution >= 4 is 17.8 Å². The lowest BCUT2D eigenvalue weighted by atomic mass is 10.2. The predicted octanol–water partition coefficient (Wildman–Crippen LogP) is -0.375. The second-order valence-corrected chi connectivity index (χ2v) is 5.36. The zero-order chi connectivity index (χ0) is 16.8. The fourth-order valence-electron chi connectivity index (χ4n) is 2.53. The highest BCUT2D eigenvalue weighted by atomic mass is 16.5. The number of benzene rings is 1. The van der Waals surface area contributed by atoms with E-state index in [1.54, 1.807) is 0 Å². The van der Waals surface area contributed by atoms with E-state index in [2.05, 4.69) is 10.6 Å². The Morgan fingerprint density at radius 2 is 1.74 bits per heavy atom. The Morgan fingerprint density at radius 3 is 2.35 bits per heavy atom. The molecule has 1 fully saturated rings. The van der Waals surface area contributed by atoms with Crippen molar-refractivity contribution in [2.45, 2.75) is 37.5 Å². The number of hydrogen-bond acceptors (Lipinski definition) is 4. The standard InChI is InChI=1S/C15H20N4O4/c16-13(20)12(14(17)21)19-15(22)18-10-7-4-8-11(10)23-9-5-2-1-3-6-9/h1-3,5-6,10-12H,4,7-8H2,(H2,16,20)(H2,17,21)(H2,18,19,22)/t10-,11+/m1/s1. The summed E-state index contributed by atoms with van der Waals surface area (Å²) < 4.78 is 5.86. The zero-order valence-corrected chi connectivity index (χ0v) is 12.5. The molecule has 1 aliphatic rings. The molecule has 23 heavy (non-hydrogen) atoms. The molecule has 4 amide bonds. The van der Waals surface area contributed by atoms with E-state index < -0.39 is 23.9 Å². The normalized spacial score (nSPS) is 20.0. The molecule has 0 spiro atoms. The van der Waals surface area contributed by atoms with Gasteiger partial charge < -0.3 is 26.8 Å². The third kappa shape index (κ3) is 4.60. The summed E-state index contributed by atoms with van der Waals surface area (Å²) >= 11 is 0. The highest BCUT2D eigenvalue weighted by molar-refractivity contribution is 6.05. The summed E-state index contributed by atoms with van der Waals surface area (Å²) in [6, 6.07) is 6.85. The van der Waals surface area contributed by atoms with Crippen molar-refractivity contribution in [3.8, 4) is 5.75 Å². The monoisotopic (exact) mass is 320 g/mol. The Morgan fingerprint density at radius 1 is 1.09 bits per heavy atom. The lowest BCUT2D eigenvalue weighted by Gasteiger charge is -2.23. The van der Waals surface area contributed by atoms with Gasteiger partial charge in [-0.3, -0.25) is 9.59 Å². The van der Waals surface area contributed by atoms with Crippen LogP contribution in [-0.2, 0) is 9.59 Å². The van der Waals surface area contributed by atoms with Crippen molar-refractivity contribution in [2.75, 3.05) is 0 Å². The first-order valence-electron chi connectivity index (χ1n) is 7.34. The first-order chi connectivity index (χ1) is 11.0. The predicted molar refractivity (Wildman–Crippen MR) is 82.3 cm³/mol. The fourth-order valence-corrected chi connectivity index (χ4v) is 2.53. The summed E-state index contributed by atoms with van der Waals surface area (Å²) in [5, 5.41) is 4.87. The summed E-state index contributed by atoms with van der Waals surface area (Å²) in [7, 11) is 0. The molecule has 0 bridgehead atoms. The van der Waals surface area contributed by atoms with Crippen LogP contribution in [-0.4, -0.2) is 36.0 Å². The van der Waals surface area contributed by atoms with Crippen LogP contribution in [0.4, 0.5) is 4.79 Å². The number of carbonyl (C=O) groups excluding carboxylic acids is 3. The molecule has 0 heterocycles. The van der Waals surface area contributed by atoms with E-state index >= 15 is 0 Å². The van der Waals surface area contributed by atoms with E-state index in [9.17, 15) is 14.4 Å². The van der Waals surface area contributed by atoms with Gasteiger partial charge in [0.05, 0.1) is 6.04 Å². The summed E-state index contributed by atoms with van der Waals surface area (Å²) in [6.07, 6.45) is 2.26. The molecule has 0 radical (unpaired) electrons. The Hall–Kier alpha value is -2.77. The van der Waals surface area contributed by atoms with Gasteiger partial charge in [0.25, 0.3) is 0 Å². The van der Waals surface area contributed by atoms with E-state index in [4.69, 9.17) is 16.2 Å². The van der Waals surface area contributed by atoms with Crippen molar-refractivity contribution in [1.29, 1.82) is 0 Å². The molecule has 0 aliphatic heterocycles. The maximum absolute atomic E-state index is 11.9. The number of para-hydroxylation sites is 1. The van der Waals surface area contributed by atoms with Crippen LogP contribution in [0.3, 0.4) is 0 Å². The summed E-state index contributed by atoms with van der Waals surface area (Å²) in [6.45, 7) is 0. The molecule has 2 atom stereocenters. The number of rotatable bonds is 6. The van der Waals surface area contributed by atoms with Crippen molar-refractivity contribution in [3.05, 3.63) is 30.3 Å². The van der Waals surface area contributed by atoms with Gasteiger partial charge in [-0.1, -0.05) is 18.2 Å². The van der Waals surface area contributed by atoms with E-state index in [1.807, 2.05) is 30.3 Å². The SMILES string of the molecule is NC(=O)C(NC(=O)N[C@@H]1CCC[C@@H]1Oc1ccccc1)C(N)=O. The maximum Gasteiger partial charge on any atom is 0.316 e. The number of primary amides is 2. The Labute approximate surface area is 133 Å². The van der Waals surface area contributed by atoms with Gasteiger partial charge in [-0.15, -0.1) is 0 Å². The number of nitrogens with two attached hydrogens (primary N) is 2. The van der Waals surface area contributed by atoms with Crippen molar-refractivity contribution < 1.29 is 19.1 Å². The maximum atomic E-state index is 11.9. The second kappa shape index (κ2) is 7.48.